The zero-order valence-corrected chi connectivity index (χ0v) is 12.4. The summed E-state index contributed by atoms with van der Waals surface area (Å²) >= 11 is 0. The molecule has 124 valence electrons. The van der Waals surface area contributed by atoms with E-state index in [1.54, 1.807) is 0 Å². The molecule has 1 aromatic heterocycles. The quantitative estimate of drug-likeness (QED) is 0.876. The molecule has 1 N–H and O–H groups in total. The van der Waals surface area contributed by atoms with Crippen LogP contribution in [0.5, 0.6) is 0 Å². The molecule has 0 radical (unpaired) electrons. The first kappa shape index (κ1) is 17.3. The van der Waals surface area contributed by atoms with E-state index >= 15 is 0 Å². The van der Waals surface area contributed by atoms with Crippen LogP contribution < -0.4 is 5.32 Å². The Bertz CT molecular complexity index is 732. The van der Waals surface area contributed by atoms with Crippen LogP contribution in [-0.4, -0.2) is 17.6 Å². The van der Waals surface area contributed by atoms with Crippen molar-refractivity contribution in [1.29, 1.82) is 0 Å². The molecule has 1 heterocycles. The standard InChI is InChI=1S/C17H13F3N2O2/c18-17(19,20)14-8-9-15(22-11-14)7-4-10-21-16(23)24-12-13-5-2-1-3-6-13/h1-3,5-6,8-9,11H,10,12H2,(H,21,23). The third kappa shape index (κ3) is 5.65. The molecule has 1 aromatic carbocycles. The monoisotopic (exact) mass is 334 g/mol. The summed E-state index contributed by atoms with van der Waals surface area (Å²) in [6.45, 7) is 0.136. The third-order valence-electron chi connectivity index (χ3n) is 2.84. The minimum atomic E-state index is -4.43. The van der Waals surface area contributed by atoms with Crippen LogP contribution in [-0.2, 0) is 17.5 Å². The molecule has 0 atom stereocenters. The molecule has 2 rings (SSSR count). The predicted octanol–water partition coefficient (Wildman–Crippen LogP) is 3.38. The molecule has 1 amide bonds. The van der Waals surface area contributed by atoms with E-state index in [1.807, 2.05) is 30.3 Å². The maximum atomic E-state index is 12.4. The number of hydrogen-bond donors (Lipinski definition) is 1. The Morgan fingerprint density at radius 2 is 1.92 bits per heavy atom. The van der Waals surface area contributed by atoms with Crippen LogP contribution >= 0.6 is 0 Å². The first-order valence-electron chi connectivity index (χ1n) is 6.92. The lowest BCUT2D eigenvalue weighted by Crippen LogP contribution is -2.24. The smallest absolute Gasteiger partial charge is 0.417 e. The third-order valence-corrected chi connectivity index (χ3v) is 2.84. The number of rotatable bonds is 3. The Morgan fingerprint density at radius 1 is 1.17 bits per heavy atom. The average molecular weight is 334 g/mol. The van der Waals surface area contributed by atoms with E-state index in [1.165, 1.54) is 6.07 Å². The van der Waals surface area contributed by atoms with Crippen molar-refractivity contribution in [3.63, 3.8) is 0 Å². The number of aromatic nitrogens is 1. The van der Waals surface area contributed by atoms with Crippen molar-refractivity contribution in [2.24, 2.45) is 0 Å². The van der Waals surface area contributed by atoms with Gasteiger partial charge >= 0.3 is 12.3 Å². The number of ether oxygens (including phenoxy) is 1. The van der Waals surface area contributed by atoms with Gasteiger partial charge in [-0.25, -0.2) is 9.78 Å². The first-order chi connectivity index (χ1) is 11.4. The van der Waals surface area contributed by atoms with E-state index in [9.17, 15) is 18.0 Å². The van der Waals surface area contributed by atoms with Crippen molar-refractivity contribution < 1.29 is 22.7 Å². The molecule has 0 fully saturated rings. The van der Waals surface area contributed by atoms with Crippen LogP contribution in [0.3, 0.4) is 0 Å². The van der Waals surface area contributed by atoms with Gasteiger partial charge in [-0.2, -0.15) is 13.2 Å². The second-order valence-corrected chi connectivity index (χ2v) is 4.65. The Morgan fingerprint density at radius 3 is 2.54 bits per heavy atom. The lowest BCUT2D eigenvalue weighted by Gasteiger charge is -2.05. The largest absolute Gasteiger partial charge is 0.445 e. The van der Waals surface area contributed by atoms with Gasteiger partial charge in [0.1, 0.15) is 12.3 Å². The van der Waals surface area contributed by atoms with Crippen LogP contribution in [0.25, 0.3) is 0 Å². The van der Waals surface area contributed by atoms with E-state index in [2.05, 4.69) is 22.1 Å². The Kier molecular flexibility index (Phi) is 5.79. The lowest BCUT2D eigenvalue weighted by atomic mass is 10.2. The van der Waals surface area contributed by atoms with Gasteiger partial charge in [-0.1, -0.05) is 36.3 Å². The van der Waals surface area contributed by atoms with Gasteiger partial charge in [0.05, 0.1) is 12.1 Å². The minimum Gasteiger partial charge on any atom is -0.445 e. The summed E-state index contributed by atoms with van der Waals surface area (Å²) in [5.41, 5.74) is 0.200. The van der Waals surface area contributed by atoms with E-state index in [4.69, 9.17) is 4.74 Å². The number of benzene rings is 1. The molecule has 24 heavy (non-hydrogen) atoms. The maximum absolute atomic E-state index is 12.4. The fraction of sp³-hybridized carbons (Fsp3) is 0.176. The number of carbonyl (C=O) groups excluding carboxylic acids is 1. The van der Waals surface area contributed by atoms with Crippen molar-refractivity contribution in [2.45, 2.75) is 12.8 Å². The van der Waals surface area contributed by atoms with Gasteiger partial charge in [-0.15, -0.1) is 0 Å². The Hall–Kier alpha value is -3.01. The second-order valence-electron chi connectivity index (χ2n) is 4.65. The molecule has 0 bridgehead atoms. The number of halogens is 3. The van der Waals surface area contributed by atoms with Crippen LogP contribution in [0.2, 0.25) is 0 Å². The van der Waals surface area contributed by atoms with Gasteiger partial charge in [-0.3, -0.25) is 0 Å². The summed E-state index contributed by atoms with van der Waals surface area (Å²) in [6, 6.07) is 11.2. The highest BCUT2D eigenvalue weighted by Gasteiger charge is 2.30. The number of pyridine rings is 1. The molecule has 2 aromatic rings. The molecule has 0 spiro atoms. The van der Waals surface area contributed by atoms with Crippen LogP contribution in [0.15, 0.2) is 48.7 Å². The predicted molar refractivity (Wildman–Crippen MR) is 80.7 cm³/mol. The highest BCUT2D eigenvalue weighted by atomic mass is 19.4. The molecule has 0 saturated carbocycles. The summed E-state index contributed by atoms with van der Waals surface area (Å²) in [5, 5.41) is 2.42. The molecule has 0 aliphatic carbocycles. The van der Waals surface area contributed by atoms with Crippen molar-refractivity contribution in [3.05, 3.63) is 65.5 Å². The molecular formula is C17H13F3N2O2. The lowest BCUT2D eigenvalue weighted by molar-refractivity contribution is -0.137. The number of carbonyl (C=O) groups is 1. The average Bonchev–Trinajstić information content (AvgIpc) is 2.57. The highest BCUT2D eigenvalue weighted by Crippen LogP contribution is 2.28. The number of nitrogens with zero attached hydrogens (tertiary/aromatic N) is 1. The number of amides is 1. The molecule has 0 saturated heterocycles. The van der Waals surface area contributed by atoms with Gasteiger partial charge in [-0.05, 0) is 23.6 Å². The number of nitrogens with one attached hydrogen (secondary N) is 1. The van der Waals surface area contributed by atoms with Crippen molar-refractivity contribution in [1.82, 2.24) is 10.3 Å². The highest BCUT2D eigenvalue weighted by molar-refractivity contribution is 5.67. The van der Waals surface area contributed by atoms with Crippen molar-refractivity contribution in [2.75, 3.05) is 6.54 Å². The number of alkyl halides is 3. The zero-order valence-electron chi connectivity index (χ0n) is 12.4. The van der Waals surface area contributed by atoms with E-state index < -0.39 is 17.8 Å². The van der Waals surface area contributed by atoms with Gasteiger partial charge in [0.25, 0.3) is 0 Å². The summed E-state index contributed by atoms with van der Waals surface area (Å²) in [7, 11) is 0. The topological polar surface area (TPSA) is 51.2 Å². The second kappa shape index (κ2) is 8.02. The first-order valence-corrected chi connectivity index (χ1v) is 6.92. The molecular weight excluding hydrogens is 321 g/mol. The van der Waals surface area contributed by atoms with Crippen molar-refractivity contribution in [3.8, 4) is 11.8 Å². The fourth-order valence-electron chi connectivity index (χ4n) is 1.66. The normalized spacial score (nSPS) is 10.5. The minimum absolute atomic E-state index is 0.00365. The van der Waals surface area contributed by atoms with Gasteiger partial charge in [0.2, 0.25) is 0 Å². The molecule has 0 aliphatic heterocycles. The molecule has 7 heteroatoms. The van der Waals surface area contributed by atoms with Crippen LogP contribution in [0, 0.1) is 11.8 Å². The summed E-state index contributed by atoms with van der Waals surface area (Å²) in [6.07, 6.45) is -4.34. The van der Waals surface area contributed by atoms with Crippen molar-refractivity contribution >= 4 is 6.09 Å². The van der Waals surface area contributed by atoms with E-state index in [0.717, 1.165) is 11.6 Å². The van der Waals surface area contributed by atoms with Gasteiger partial charge in [0.15, 0.2) is 0 Å². The maximum Gasteiger partial charge on any atom is 0.417 e. The molecule has 0 aliphatic rings. The van der Waals surface area contributed by atoms with Crippen LogP contribution in [0.1, 0.15) is 16.8 Å². The fourth-order valence-corrected chi connectivity index (χ4v) is 1.66. The molecule has 0 unspecified atom stereocenters. The number of alkyl carbamates (subject to hydrolysis) is 1. The molecule has 4 nitrogen and oxygen atoms in total. The summed E-state index contributed by atoms with van der Waals surface area (Å²) in [5.74, 6) is 5.14. The summed E-state index contributed by atoms with van der Waals surface area (Å²) in [4.78, 5) is 15.0. The Labute approximate surface area is 136 Å². The Balaban J connectivity index is 1.76. The van der Waals surface area contributed by atoms with E-state index in [-0.39, 0.29) is 18.8 Å². The van der Waals surface area contributed by atoms with E-state index in [0.29, 0.717) is 6.20 Å². The number of hydrogen-bond acceptors (Lipinski definition) is 3. The van der Waals surface area contributed by atoms with Gasteiger partial charge < -0.3 is 10.1 Å². The zero-order chi connectivity index (χ0) is 17.4. The van der Waals surface area contributed by atoms with Crippen LogP contribution in [0.4, 0.5) is 18.0 Å². The SMILES string of the molecule is O=C(NCC#Cc1ccc(C(F)(F)F)cn1)OCc1ccccc1. The van der Waals surface area contributed by atoms with Gasteiger partial charge in [0, 0.05) is 6.20 Å². The summed E-state index contributed by atoms with van der Waals surface area (Å²) < 4.78 is 42.1.